The van der Waals surface area contributed by atoms with Gasteiger partial charge in [0.15, 0.2) is 0 Å². The number of amides is 1. The van der Waals surface area contributed by atoms with Gasteiger partial charge in [-0.05, 0) is 30.7 Å². The Morgan fingerprint density at radius 2 is 1.73 bits per heavy atom. The van der Waals surface area contributed by atoms with Gasteiger partial charge in [-0.3, -0.25) is 9.78 Å². The Bertz CT molecular complexity index is 874. The van der Waals surface area contributed by atoms with Crippen LogP contribution in [0.3, 0.4) is 0 Å². The Labute approximate surface area is 161 Å². The van der Waals surface area contributed by atoms with Crippen molar-refractivity contribution in [3.8, 4) is 0 Å². The summed E-state index contributed by atoms with van der Waals surface area (Å²) in [6.07, 6.45) is 5.03. The fraction of sp³-hybridized carbons (Fsp3) is 0.158. The summed E-state index contributed by atoms with van der Waals surface area (Å²) in [5.41, 5.74) is 2.02. The van der Waals surface area contributed by atoms with E-state index in [1.165, 1.54) is 17.3 Å². The molecule has 3 rings (SSSR count). The highest BCUT2D eigenvalue weighted by atomic mass is 32.2. The van der Waals surface area contributed by atoms with Gasteiger partial charge in [-0.25, -0.2) is 9.97 Å². The molecule has 2 aromatic heterocycles. The number of nitrogens with one attached hydrogen (secondary N) is 1. The van der Waals surface area contributed by atoms with Crippen LogP contribution in [0.25, 0.3) is 0 Å². The number of nitrogens with zero attached hydrogens (tertiary/aromatic N) is 3. The molecule has 0 radical (unpaired) electrons. The highest BCUT2D eigenvalue weighted by Gasteiger charge is 2.11. The Morgan fingerprint density at radius 3 is 2.50 bits per heavy atom. The Kier molecular flexibility index (Phi) is 6.62. The second-order valence-electron chi connectivity index (χ2n) is 5.42. The zero-order chi connectivity index (χ0) is 18.2. The lowest BCUT2D eigenvalue weighted by Gasteiger charge is -2.08. The lowest BCUT2D eigenvalue weighted by atomic mass is 10.2. The van der Waals surface area contributed by atoms with E-state index in [2.05, 4.69) is 39.3 Å². The summed E-state index contributed by atoms with van der Waals surface area (Å²) < 4.78 is 0. The first-order chi connectivity index (χ1) is 12.7. The lowest BCUT2D eigenvalue weighted by molar-refractivity contribution is -0.118. The number of aryl methyl sites for hydroxylation is 1. The third-order valence-corrected chi connectivity index (χ3v) is 5.74. The van der Waals surface area contributed by atoms with Crippen LogP contribution in [-0.2, 0) is 11.3 Å². The topological polar surface area (TPSA) is 67.8 Å². The predicted octanol–water partition coefficient (Wildman–Crippen LogP) is 3.74. The van der Waals surface area contributed by atoms with Crippen LogP contribution in [0.4, 0.5) is 0 Å². The minimum absolute atomic E-state index is 0.0573. The first-order valence-electron chi connectivity index (χ1n) is 8.06. The van der Waals surface area contributed by atoms with Gasteiger partial charge in [-0.15, -0.1) is 0 Å². The molecule has 0 saturated heterocycles. The number of aromatic nitrogens is 3. The van der Waals surface area contributed by atoms with Crippen molar-refractivity contribution in [2.75, 3.05) is 5.75 Å². The van der Waals surface area contributed by atoms with Gasteiger partial charge in [0.1, 0.15) is 10.1 Å². The standard InChI is InChI=1S/C19H18N4OS2/c1-14-6-2-3-8-16(14)26-19-18(21-10-11-22-19)25-13-17(24)23-12-15-7-4-5-9-20-15/h2-11H,12-13H2,1H3,(H,23,24). The van der Waals surface area contributed by atoms with E-state index in [1.807, 2.05) is 30.3 Å². The van der Waals surface area contributed by atoms with Crippen LogP contribution in [0.2, 0.25) is 0 Å². The number of benzene rings is 1. The molecule has 3 aromatic rings. The van der Waals surface area contributed by atoms with E-state index in [0.29, 0.717) is 6.54 Å². The molecule has 0 bridgehead atoms. The lowest BCUT2D eigenvalue weighted by Crippen LogP contribution is -2.25. The van der Waals surface area contributed by atoms with E-state index in [4.69, 9.17) is 0 Å². The van der Waals surface area contributed by atoms with Crippen LogP contribution in [0, 0.1) is 6.92 Å². The monoisotopic (exact) mass is 382 g/mol. The highest BCUT2D eigenvalue weighted by Crippen LogP contribution is 2.33. The molecule has 0 atom stereocenters. The van der Waals surface area contributed by atoms with Crippen molar-refractivity contribution >= 4 is 29.4 Å². The third-order valence-electron chi connectivity index (χ3n) is 3.47. The van der Waals surface area contributed by atoms with Crippen molar-refractivity contribution in [3.05, 3.63) is 72.3 Å². The Morgan fingerprint density at radius 1 is 0.962 bits per heavy atom. The number of hydrogen-bond acceptors (Lipinski definition) is 6. The summed E-state index contributed by atoms with van der Waals surface area (Å²) in [7, 11) is 0. The van der Waals surface area contributed by atoms with Crippen LogP contribution in [0.1, 0.15) is 11.3 Å². The predicted molar refractivity (Wildman–Crippen MR) is 104 cm³/mol. The number of carbonyl (C=O) groups excluding carboxylic acids is 1. The van der Waals surface area contributed by atoms with Crippen LogP contribution >= 0.6 is 23.5 Å². The highest BCUT2D eigenvalue weighted by molar-refractivity contribution is 8.02. The number of pyridine rings is 1. The largest absolute Gasteiger partial charge is 0.350 e. The van der Waals surface area contributed by atoms with Gasteiger partial charge in [0.25, 0.3) is 0 Å². The average molecular weight is 383 g/mol. The molecular weight excluding hydrogens is 364 g/mol. The van der Waals surface area contributed by atoms with Crippen LogP contribution in [0.15, 0.2) is 76.0 Å². The zero-order valence-corrected chi connectivity index (χ0v) is 15.9. The maximum atomic E-state index is 12.1. The molecule has 0 fully saturated rings. The van der Waals surface area contributed by atoms with Gasteiger partial charge in [-0.2, -0.15) is 0 Å². The minimum Gasteiger partial charge on any atom is -0.350 e. The van der Waals surface area contributed by atoms with Crippen molar-refractivity contribution in [1.29, 1.82) is 0 Å². The molecule has 0 aliphatic heterocycles. The maximum absolute atomic E-state index is 12.1. The summed E-state index contributed by atoms with van der Waals surface area (Å²) in [5, 5.41) is 4.44. The van der Waals surface area contributed by atoms with E-state index < -0.39 is 0 Å². The second kappa shape index (κ2) is 9.35. The van der Waals surface area contributed by atoms with E-state index in [1.54, 1.807) is 30.4 Å². The van der Waals surface area contributed by atoms with E-state index >= 15 is 0 Å². The molecule has 0 saturated carbocycles. The first kappa shape index (κ1) is 18.4. The molecule has 0 aliphatic rings. The molecule has 1 N–H and O–H groups in total. The van der Waals surface area contributed by atoms with Crippen LogP contribution in [-0.4, -0.2) is 26.6 Å². The Hall–Kier alpha value is -2.38. The second-order valence-corrected chi connectivity index (χ2v) is 7.42. The van der Waals surface area contributed by atoms with Gasteiger partial charge in [0.05, 0.1) is 18.0 Å². The molecule has 7 heteroatoms. The quantitative estimate of drug-likeness (QED) is 0.628. The molecule has 5 nitrogen and oxygen atoms in total. The molecule has 132 valence electrons. The molecule has 0 unspecified atom stereocenters. The van der Waals surface area contributed by atoms with Crippen LogP contribution in [0.5, 0.6) is 0 Å². The van der Waals surface area contributed by atoms with E-state index in [0.717, 1.165) is 20.6 Å². The van der Waals surface area contributed by atoms with Gasteiger partial charge >= 0.3 is 0 Å². The molecule has 2 heterocycles. The molecule has 0 spiro atoms. The average Bonchev–Trinajstić information content (AvgIpc) is 2.68. The maximum Gasteiger partial charge on any atom is 0.230 e. The smallest absolute Gasteiger partial charge is 0.230 e. The van der Waals surface area contributed by atoms with Crippen molar-refractivity contribution in [2.24, 2.45) is 0 Å². The fourth-order valence-electron chi connectivity index (χ4n) is 2.13. The van der Waals surface area contributed by atoms with Gasteiger partial charge < -0.3 is 5.32 Å². The summed E-state index contributed by atoms with van der Waals surface area (Å²) in [6, 6.07) is 13.8. The van der Waals surface area contributed by atoms with E-state index in [9.17, 15) is 4.79 Å². The van der Waals surface area contributed by atoms with Gasteiger partial charge in [-0.1, -0.05) is 47.8 Å². The summed E-state index contributed by atoms with van der Waals surface area (Å²) in [4.78, 5) is 26.2. The molecule has 1 amide bonds. The van der Waals surface area contributed by atoms with Crippen LogP contribution < -0.4 is 5.32 Å². The summed E-state index contributed by atoms with van der Waals surface area (Å²) >= 11 is 2.96. The molecular formula is C19H18N4OS2. The molecule has 26 heavy (non-hydrogen) atoms. The molecule has 0 aliphatic carbocycles. The number of rotatable bonds is 7. The minimum atomic E-state index is -0.0573. The fourth-order valence-corrected chi connectivity index (χ4v) is 3.95. The number of hydrogen-bond donors (Lipinski definition) is 1. The Balaban J connectivity index is 1.58. The van der Waals surface area contributed by atoms with Crippen molar-refractivity contribution in [3.63, 3.8) is 0 Å². The number of thioether (sulfide) groups is 1. The van der Waals surface area contributed by atoms with Gasteiger partial charge in [0, 0.05) is 23.5 Å². The summed E-state index contributed by atoms with van der Waals surface area (Å²) in [6.45, 7) is 2.49. The van der Waals surface area contributed by atoms with Crippen molar-refractivity contribution in [1.82, 2.24) is 20.3 Å². The normalized spacial score (nSPS) is 10.5. The molecule has 1 aromatic carbocycles. The van der Waals surface area contributed by atoms with Crippen molar-refractivity contribution in [2.45, 2.75) is 28.4 Å². The summed E-state index contributed by atoms with van der Waals surface area (Å²) in [5.74, 6) is 0.227. The third kappa shape index (κ3) is 5.31. The van der Waals surface area contributed by atoms with Gasteiger partial charge in [0.2, 0.25) is 5.91 Å². The first-order valence-corrected chi connectivity index (χ1v) is 9.86. The zero-order valence-electron chi connectivity index (χ0n) is 14.3. The number of carbonyl (C=O) groups is 1. The van der Waals surface area contributed by atoms with Crippen molar-refractivity contribution < 1.29 is 4.79 Å². The SMILES string of the molecule is Cc1ccccc1Sc1nccnc1SCC(=O)NCc1ccccn1. The van der Waals surface area contributed by atoms with E-state index in [-0.39, 0.29) is 11.7 Å².